The van der Waals surface area contributed by atoms with Gasteiger partial charge in [0, 0.05) is 70.9 Å². The fourth-order valence-corrected chi connectivity index (χ4v) is 32.2. The molecule has 27 nitrogen and oxygen atoms in total. The average Bonchev–Trinajstić information content (AvgIpc) is 1.48. The van der Waals surface area contributed by atoms with Gasteiger partial charge < -0.3 is 89.8 Å². The zero-order valence-electron chi connectivity index (χ0n) is 77.4. The Labute approximate surface area is 759 Å². The minimum atomic E-state index is -1.70. The second kappa shape index (κ2) is 29.9. The van der Waals surface area contributed by atoms with Gasteiger partial charge in [-0.25, -0.2) is 19.1 Å². The molecule has 28 heteroatoms. The van der Waals surface area contributed by atoms with Crippen LogP contribution in [0.3, 0.4) is 0 Å². The lowest BCUT2D eigenvalue weighted by atomic mass is 9.42. The number of carbonyl (C=O) groups is 7. The lowest BCUT2D eigenvalue weighted by Gasteiger charge is -2.63. The van der Waals surface area contributed by atoms with Gasteiger partial charge in [-0.3, -0.25) is 24.0 Å². The topological polar surface area (TPSA) is 415 Å². The molecule has 2 amide bonds. The van der Waals surface area contributed by atoms with Crippen molar-refractivity contribution in [2.24, 2.45) is 68.0 Å². The number of imidazole rings is 1. The molecule has 0 radical (unpaired) electrons. The highest BCUT2D eigenvalue weighted by Gasteiger charge is 2.88. The number of esters is 1. The molecule has 20 rings (SSSR count). The van der Waals surface area contributed by atoms with Gasteiger partial charge in [0.1, 0.15) is 86.7 Å². The van der Waals surface area contributed by atoms with E-state index in [1.807, 2.05) is 101 Å². The molecule has 19 aliphatic rings. The Hall–Kier alpha value is -7.19. The van der Waals surface area contributed by atoms with E-state index in [0.29, 0.717) is 118 Å². The van der Waals surface area contributed by atoms with Crippen molar-refractivity contribution in [3.8, 4) is 0 Å². The first kappa shape index (κ1) is 92.3. The number of unbranched alkanes of at least 4 members (excludes halogenated alkanes) is 1. The molecular formula is C101H134N4O23S. The maximum absolute atomic E-state index is 14.0. The quantitative estimate of drug-likeness (QED) is 0.0378. The molecule has 7 aliphatic heterocycles. The van der Waals surface area contributed by atoms with Crippen LogP contribution in [-0.4, -0.2) is 224 Å². The molecule has 33 atom stereocenters. The van der Waals surface area contributed by atoms with E-state index < -0.39 is 143 Å². The number of aromatic nitrogens is 2. The first-order valence-electron chi connectivity index (χ1n) is 47.1. The normalized spacial score (nSPS) is 48.1. The molecule has 8 heterocycles. The molecule has 702 valence electrons. The molecule has 0 aromatic carbocycles. The number of fused-ring (bicyclic) bond motifs is 14. The molecule has 129 heavy (non-hydrogen) atoms. The standard InChI is InChI=1S/C39H54N2O9S.C33H42N2O8.C29H38O6/c1-20-17-29(48-22(3)21(20)2)36(6,45)38(47)16-15-37(46)24-18-30-39(50-30)28(12-11-27(42)35(39,5)23(24)13-14-34(37,38)4)49-31(43)10-8-7-9-26-32-25(19-51-26)40-33(44)41-32;1-18-15-25(41-20(3)19(18)2)30(6,38)32(40)12-11-31(39)22-16-26-33(43-26)24(42-27(37)35-14-13-34-17-35)8-7-23(36)29(33,5)21(22)9-10-28(31,32)4;1-16-15-24(35-18(3)17(16)2)27(6,32)29(34)14-13-28(33)20-7-8-21-22(30)9-10-23(31)26(21,5)19(20)11-12-25(28,29)4/h11-12,23-26,28-30,32,45-47H,3,7-10,13-19H2,1-2,4-6H3,(H2,40,41,44);7-8,13-14,17,21-22,24-26,38-40H,3,9-12,15-16H2,1-2,4-6H3;8-10,19-20,24,32-34H,3,7,11-15H2,1-2,4-6H3/t23?,24?,25?,26?,28-,29?,30-,32?,34+,35+,36+,37-,38+,39-;21?,22?,24-,25?,26+,28-,29-,30-,31+,32-,33+;19?,20?,24?,25-,26+,27-,28+,29-/m100/s1. The summed E-state index contributed by atoms with van der Waals surface area (Å²) < 4.78 is 44.5. The van der Waals surface area contributed by atoms with E-state index in [-0.39, 0.29) is 121 Å². The van der Waals surface area contributed by atoms with Crippen LogP contribution in [0, 0.1) is 68.0 Å². The summed E-state index contributed by atoms with van der Waals surface area (Å²) in [5.74, 6) is -0.263. The summed E-state index contributed by atoms with van der Waals surface area (Å²) in [5.41, 5.74) is -15.9. The molecule has 11 N–H and O–H groups in total. The summed E-state index contributed by atoms with van der Waals surface area (Å²) in [6, 6.07) is 0.201. The van der Waals surface area contributed by atoms with Crippen LogP contribution in [0.25, 0.3) is 0 Å². The van der Waals surface area contributed by atoms with Crippen LogP contribution in [0.2, 0.25) is 0 Å². The number of urea groups is 1. The van der Waals surface area contributed by atoms with Crippen LogP contribution >= 0.6 is 11.8 Å². The number of thioether (sulfide) groups is 1. The van der Waals surface area contributed by atoms with E-state index in [9.17, 15) is 79.5 Å². The highest BCUT2D eigenvalue weighted by atomic mass is 32.2. The number of ketones is 4. The number of aliphatic hydroxyl groups is 9. The molecule has 1 aromatic heterocycles. The van der Waals surface area contributed by atoms with Gasteiger partial charge >= 0.3 is 18.1 Å². The second-order valence-corrected chi connectivity index (χ2v) is 45.5. The van der Waals surface area contributed by atoms with Gasteiger partial charge in [0.05, 0.1) is 57.3 Å². The third-order valence-electron chi connectivity index (χ3n) is 39.8. The van der Waals surface area contributed by atoms with E-state index in [1.54, 1.807) is 32.9 Å². The number of rotatable bonds is 13. The fourth-order valence-electron chi connectivity index (χ4n) is 30.7. The summed E-state index contributed by atoms with van der Waals surface area (Å²) in [4.78, 5) is 95.4. The van der Waals surface area contributed by atoms with Crippen molar-refractivity contribution >= 4 is 53.0 Å². The fraction of sp³-hybridized carbons (Fsp3) is 0.703. The second-order valence-electron chi connectivity index (χ2n) is 44.3. The van der Waals surface area contributed by atoms with Crippen molar-refractivity contribution in [2.45, 2.75) is 367 Å². The van der Waals surface area contributed by atoms with Crippen molar-refractivity contribution < 1.29 is 113 Å². The van der Waals surface area contributed by atoms with Crippen LogP contribution in [0.5, 0.6) is 0 Å². The first-order valence-corrected chi connectivity index (χ1v) is 48.2. The van der Waals surface area contributed by atoms with Gasteiger partial charge in [0.2, 0.25) is 0 Å². The largest absolute Gasteiger partial charge is 0.487 e. The first-order chi connectivity index (χ1) is 60.2. The maximum atomic E-state index is 14.0. The molecule has 2 spiro atoms. The lowest BCUT2D eigenvalue weighted by molar-refractivity contribution is -0.282. The predicted octanol–water partition coefficient (Wildman–Crippen LogP) is 11.3. The van der Waals surface area contributed by atoms with E-state index in [2.05, 4.69) is 35.4 Å². The maximum Gasteiger partial charge on any atom is 0.419 e. The van der Waals surface area contributed by atoms with Crippen molar-refractivity contribution in [3.63, 3.8) is 0 Å². The highest BCUT2D eigenvalue weighted by Crippen LogP contribution is 2.79. The van der Waals surface area contributed by atoms with Crippen LogP contribution in [0.4, 0.5) is 9.59 Å². The Bertz CT molecular complexity index is 5230. The number of epoxide rings is 2. The number of allylic oxidation sites excluding steroid dienone is 9. The minimum absolute atomic E-state index is 0.0907. The summed E-state index contributed by atoms with van der Waals surface area (Å²) in [5, 5.41) is 118. The van der Waals surface area contributed by atoms with Gasteiger partial charge in [0.25, 0.3) is 0 Å². The summed E-state index contributed by atoms with van der Waals surface area (Å²) in [6.07, 6.45) is 19.7. The van der Waals surface area contributed by atoms with Gasteiger partial charge in [-0.15, -0.1) is 0 Å². The number of ether oxygens (including phenoxy) is 7. The molecule has 1 aromatic rings. The van der Waals surface area contributed by atoms with E-state index in [1.165, 1.54) is 47.6 Å². The van der Waals surface area contributed by atoms with Gasteiger partial charge in [-0.1, -0.05) is 69.7 Å². The minimum Gasteiger partial charge on any atom is -0.487 e. The monoisotopic (exact) mass is 1800 g/mol. The summed E-state index contributed by atoms with van der Waals surface area (Å²) in [6.45, 7) is 40.0. The van der Waals surface area contributed by atoms with Crippen molar-refractivity contribution in [1.29, 1.82) is 0 Å². The number of hydrogen-bond acceptors (Lipinski definition) is 25. The van der Waals surface area contributed by atoms with E-state index in [0.717, 1.165) is 52.0 Å². The molecule has 12 aliphatic carbocycles. The van der Waals surface area contributed by atoms with E-state index in [4.69, 9.17) is 33.2 Å². The zero-order valence-corrected chi connectivity index (χ0v) is 78.3. The van der Waals surface area contributed by atoms with Gasteiger partial charge in [0.15, 0.2) is 35.3 Å². The molecule has 0 bridgehead atoms. The smallest absolute Gasteiger partial charge is 0.419 e. The van der Waals surface area contributed by atoms with Gasteiger partial charge in [-0.05, 0) is 281 Å². The van der Waals surface area contributed by atoms with Crippen LogP contribution in [0.15, 0.2) is 137 Å². The zero-order chi connectivity index (χ0) is 93.2. The van der Waals surface area contributed by atoms with E-state index >= 15 is 0 Å². The third kappa shape index (κ3) is 11.9. The highest BCUT2D eigenvalue weighted by molar-refractivity contribution is 8.00. The Balaban J connectivity index is 0.000000133. The molecule has 12 fully saturated rings. The Kier molecular flexibility index (Phi) is 21.4. The number of hydrogen-bond donors (Lipinski definition) is 11. The van der Waals surface area contributed by atoms with Gasteiger partial charge in [-0.2, -0.15) is 11.8 Å². The van der Waals surface area contributed by atoms with Crippen molar-refractivity contribution in [3.05, 3.63) is 137 Å². The van der Waals surface area contributed by atoms with Crippen molar-refractivity contribution in [1.82, 2.24) is 20.2 Å². The summed E-state index contributed by atoms with van der Waals surface area (Å²) in [7, 11) is 0. The SMILES string of the molecule is C=C1OC([C@](C)(O)[C@]2(O)CC[C@@]3(O)C4CC=C5C(=O)C=CC(=O)[C@]5(C)C4CC[C@]23C)CC(C)=C1C.C=C1OC([C@](C)(O)[C@]2(O)CC[C@@]3(O)C4C[C@H]5O[C@]56[C@@H](OC(=O)n5ccnc5)C=CC(=O)[C@]6(C)C4CC[C@]23C)CC(C)=C1C.C=C1OC([C@](C)(O)[C@]2(O)CC[C@@]3(O)C4C[C@H]5O[C@]56[C@H](OC(=O)CCCCC5SCC7NC(=O)NC75)C=CC(=O)[C@]6(C)C4CC[C@]23C)CC(C)=C1C. The lowest BCUT2D eigenvalue weighted by Crippen LogP contribution is -2.73. The van der Waals surface area contributed by atoms with Crippen LogP contribution < -0.4 is 10.6 Å². The molecule has 12 unspecified atom stereocenters. The number of carbonyl (C=O) groups excluding carboxylic acids is 7. The Morgan fingerprint density at radius 2 is 0.984 bits per heavy atom. The third-order valence-corrected chi connectivity index (χ3v) is 41.3. The molecule has 8 saturated carbocycles. The van der Waals surface area contributed by atoms with Crippen LogP contribution in [0.1, 0.15) is 245 Å². The Morgan fingerprint density at radius 1 is 0.550 bits per heavy atom. The molecule has 4 saturated heterocycles. The van der Waals surface area contributed by atoms with Crippen LogP contribution in [-0.2, 0) is 57.1 Å². The predicted molar refractivity (Wildman–Crippen MR) is 474 cm³/mol. The average molecular weight is 1800 g/mol. The number of amides is 2. The number of nitrogens with one attached hydrogen (secondary N) is 2. The summed E-state index contributed by atoms with van der Waals surface area (Å²) >= 11 is 1.86. The molecular weight excluding hydrogens is 1670 g/mol. The number of nitrogens with zero attached hydrogens (tertiary/aromatic N) is 2. The Morgan fingerprint density at radius 3 is 1.42 bits per heavy atom. The van der Waals surface area contributed by atoms with Crippen molar-refractivity contribution in [2.75, 3.05) is 5.75 Å².